The number of hydrogen-bond acceptors (Lipinski definition) is 5. The van der Waals surface area contributed by atoms with E-state index in [1.807, 2.05) is 17.4 Å². The first kappa shape index (κ1) is 15.4. The number of nitrogens with zero attached hydrogens (tertiary/aromatic N) is 1. The van der Waals surface area contributed by atoms with Gasteiger partial charge in [-0.2, -0.15) is 4.99 Å². The molecule has 1 N–H and O–H groups in total. The zero-order valence-corrected chi connectivity index (χ0v) is 15.6. The molecule has 1 saturated heterocycles. The number of aryl methyl sites for hydroxylation is 1. The van der Waals surface area contributed by atoms with Gasteiger partial charge in [-0.25, -0.2) is 0 Å². The van der Waals surface area contributed by atoms with Crippen molar-refractivity contribution in [2.24, 2.45) is 4.99 Å². The summed E-state index contributed by atoms with van der Waals surface area (Å²) in [5.74, 6) is 5.12. The molecule has 1 fully saturated rings. The molecule has 5 heteroatoms. The number of amidine groups is 1. The predicted octanol–water partition coefficient (Wildman–Crippen LogP) is 4.36. The first-order chi connectivity index (χ1) is 12.3. The molecule has 5 rings (SSSR count). The van der Waals surface area contributed by atoms with Crippen molar-refractivity contribution in [2.45, 2.75) is 31.2 Å². The fraction of sp³-hybridized carbons (Fsp3) is 0.350. The molecule has 2 aliphatic heterocycles. The average Bonchev–Trinajstić information content (AvgIpc) is 3.07. The predicted molar refractivity (Wildman–Crippen MR) is 105 cm³/mol. The molecule has 25 heavy (non-hydrogen) atoms. The number of fused-ring (bicyclic) bond motifs is 5. The molecule has 1 aromatic heterocycles. The number of thiophene rings is 1. The van der Waals surface area contributed by atoms with Gasteiger partial charge in [-0.15, -0.1) is 11.3 Å². The lowest BCUT2D eigenvalue weighted by Gasteiger charge is -2.42. The van der Waals surface area contributed by atoms with Crippen LogP contribution in [0.5, 0.6) is 5.75 Å². The summed E-state index contributed by atoms with van der Waals surface area (Å²) < 4.78 is 5.49. The fourth-order valence-electron chi connectivity index (χ4n) is 4.00. The third-order valence-corrected chi connectivity index (χ3v) is 7.35. The van der Waals surface area contributed by atoms with E-state index in [0.29, 0.717) is 0 Å². The molecule has 3 heterocycles. The summed E-state index contributed by atoms with van der Waals surface area (Å²) in [4.78, 5) is 7.36. The summed E-state index contributed by atoms with van der Waals surface area (Å²) in [5, 5.41) is 4.71. The number of benzene rings is 1. The van der Waals surface area contributed by atoms with Crippen molar-refractivity contribution in [2.75, 3.05) is 12.9 Å². The van der Waals surface area contributed by atoms with E-state index < -0.39 is 0 Å². The Hall–Kier alpha value is -1.90. The Morgan fingerprint density at radius 2 is 2.20 bits per heavy atom. The molecule has 126 valence electrons. The highest BCUT2D eigenvalue weighted by Crippen LogP contribution is 2.47. The molecule has 0 radical (unpaired) electrons. The average molecular weight is 367 g/mol. The van der Waals surface area contributed by atoms with Crippen molar-refractivity contribution in [1.29, 1.82) is 0 Å². The molecule has 2 aromatic rings. The van der Waals surface area contributed by atoms with Gasteiger partial charge in [-0.1, -0.05) is 11.8 Å². The largest absolute Gasteiger partial charge is 0.497 e. The highest BCUT2D eigenvalue weighted by molar-refractivity contribution is 8.13. The zero-order chi connectivity index (χ0) is 16.9. The molecule has 1 spiro atoms. The van der Waals surface area contributed by atoms with Gasteiger partial charge in [0.1, 0.15) is 5.75 Å². The Balaban J connectivity index is 1.77. The second-order valence-electron chi connectivity index (χ2n) is 6.71. The highest BCUT2D eigenvalue weighted by atomic mass is 32.2. The summed E-state index contributed by atoms with van der Waals surface area (Å²) in [7, 11) is 1.71. The van der Waals surface area contributed by atoms with Crippen molar-refractivity contribution in [3.8, 4) is 28.2 Å². The van der Waals surface area contributed by atoms with Crippen LogP contribution in [0.15, 0.2) is 29.3 Å². The summed E-state index contributed by atoms with van der Waals surface area (Å²) in [6, 6.07) is 11.6. The number of aliphatic imine (C=N–C) groups is 1. The summed E-state index contributed by atoms with van der Waals surface area (Å²) in [6.45, 7) is 0. The molecule has 1 aromatic carbocycles. The van der Waals surface area contributed by atoms with Gasteiger partial charge in [0.15, 0.2) is 5.17 Å². The Morgan fingerprint density at radius 1 is 1.24 bits per heavy atom. The molecule has 1 aliphatic carbocycles. The van der Waals surface area contributed by atoms with Crippen LogP contribution in [0, 0.1) is 12.0 Å². The van der Waals surface area contributed by atoms with E-state index in [0.717, 1.165) is 28.7 Å². The zero-order valence-electron chi connectivity index (χ0n) is 14.0. The molecular formula is C20H18N2OS2. The van der Waals surface area contributed by atoms with Gasteiger partial charge in [-0.3, -0.25) is 0 Å². The molecule has 0 amide bonds. The van der Waals surface area contributed by atoms with Gasteiger partial charge in [0, 0.05) is 27.1 Å². The summed E-state index contributed by atoms with van der Waals surface area (Å²) >= 11 is 3.70. The van der Waals surface area contributed by atoms with Gasteiger partial charge < -0.3 is 10.1 Å². The maximum absolute atomic E-state index is 5.49. The molecule has 1 unspecified atom stereocenters. The number of nitrogens with one attached hydrogen (secondary N) is 1. The Labute approximate surface area is 155 Å². The van der Waals surface area contributed by atoms with Crippen LogP contribution in [-0.4, -0.2) is 18.0 Å². The third kappa shape index (κ3) is 2.56. The van der Waals surface area contributed by atoms with Crippen LogP contribution in [0.1, 0.15) is 35.3 Å². The van der Waals surface area contributed by atoms with Gasteiger partial charge in [0.05, 0.1) is 12.6 Å². The fourth-order valence-corrected chi connectivity index (χ4v) is 6.31. The number of thioether (sulfide) groups is 1. The van der Waals surface area contributed by atoms with Crippen LogP contribution in [0.25, 0.3) is 10.4 Å². The molecular weight excluding hydrogens is 348 g/mol. The number of hydrogen-bond donors (Lipinski definition) is 1. The van der Waals surface area contributed by atoms with Gasteiger partial charge in [0.25, 0.3) is 0 Å². The van der Waals surface area contributed by atoms with Crippen LogP contribution < -0.4 is 10.1 Å². The normalized spacial score (nSPS) is 23.2. The van der Waals surface area contributed by atoms with Crippen molar-refractivity contribution in [3.05, 3.63) is 40.3 Å². The van der Waals surface area contributed by atoms with Gasteiger partial charge in [-0.05, 0) is 67.0 Å². The number of methoxy groups -OCH3 is 1. The van der Waals surface area contributed by atoms with E-state index in [1.165, 1.54) is 40.1 Å². The van der Waals surface area contributed by atoms with E-state index >= 15 is 0 Å². The number of rotatable bonds is 1. The monoisotopic (exact) mass is 366 g/mol. The van der Waals surface area contributed by atoms with Crippen LogP contribution in [0.4, 0.5) is 0 Å². The van der Waals surface area contributed by atoms with Gasteiger partial charge >= 0.3 is 0 Å². The second-order valence-corrected chi connectivity index (χ2v) is 8.93. The lowest BCUT2D eigenvalue weighted by molar-refractivity contribution is 0.323. The van der Waals surface area contributed by atoms with Crippen LogP contribution >= 0.6 is 23.1 Å². The van der Waals surface area contributed by atoms with E-state index in [-0.39, 0.29) is 5.54 Å². The minimum atomic E-state index is 0.0367. The Bertz CT molecular complexity index is 950. The SMILES string of the molecule is COc1cc2cc(c1)-c1cc3c(s1)CCCC31CCSC(=NC#C2)N1. The van der Waals surface area contributed by atoms with Gasteiger partial charge in [0.2, 0.25) is 0 Å². The van der Waals surface area contributed by atoms with Crippen LogP contribution in [-0.2, 0) is 12.0 Å². The van der Waals surface area contributed by atoms with Crippen molar-refractivity contribution in [1.82, 2.24) is 5.32 Å². The van der Waals surface area contributed by atoms with Crippen molar-refractivity contribution < 1.29 is 4.74 Å². The van der Waals surface area contributed by atoms with E-state index in [4.69, 9.17) is 4.74 Å². The molecule has 0 saturated carbocycles. The lowest BCUT2D eigenvalue weighted by Crippen LogP contribution is -2.50. The molecule has 1 atom stereocenters. The van der Waals surface area contributed by atoms with E-state index in [9.17, 15) is 0 Å². The first-order valence-corrected chi connectivity index (χ1v) is 10.4. The topological polar surface area (TPSA) is 33.6 Å². The Kier molecular flexibility index (Phi) is 3.58. The lowest BCUT2D eigenvalue weighted by atomic mass is 9.78. The maximum atomic E-state index is 5.49. The quantitative estimate of drug-likeness (QED) is 0.762. The van der Waals surface area contributed by atoms with Crippen LogP contribution in [0.3, 0.4) is 0 Å². The Morgan fingerprint density at radius 3 is 3.12 bits per heavy atom. The van der Waals surface area contributed by atoms with E-state index in [1.54, 1.807) is 18.9 Å². The number of ether oxygens (including phenoxy) is 1. The van der Waals surface area contributed by atoms with Crippen molar-refractivity contribution >= 4 is 28.3 Å². The molecule has 3 nitrogen and oxygen atoms in total. The first-order valence-electron chi connectivity index (χ1n) is 8.58. The molecule has 3 aliphatic rings. The molecule has 6 bridgehead atoms. The summed E-state index contributed by atoms with van der Waals surface area (Å²) in [5.41, 5.74) is 3.64. The highest BCUT2D eigenvalue weighted by Gasteiger charge is 2.41. The minimum Gasteiger partial charge on any atom is -0.497 e. The maximum Gasteiger partial charge on any atom is 0.171 e. The second kappa shape index (κ2) is 5.82. The minimum absolute atomic E-state index is 0.0367. The smallest absolute Gasteiger partial charge is 0.171 e. The van der Waals surface area contributed by atoms with E-state index in [2.05, 4.69) is 40.5 Å². The standard InChI is InChI=1S/C20H18N2OS2/c1-23-15-10-13-4-7-21-19-22-20(6-8-24-19)5-2-3-17-16(20)12-18(25-17)14(9-13)11-15/h9-12H,2-3,5-6,8H2,1H3,(H,21,22). The van der Waals surface area contributed by atoms with Crippen LogP contribution in [0.2, 0.25) is 0 Å². The van der Waals surface area contributed by atoms with Crippen molar-refractivity contribution in [3.63, 3.8) is 0 Å². The summed E-state index contributed by atoms with van der Waals surface area (Å²) in [6.07, 6.45) is 4.73. The third-order valence-electron chi connectivity index (χ3n) is 5.23.